The number of carbonyl (C=O) groups excluding carboxylic acids is 4. The monoisotopic (exact) mass is 494 g/mol. The van der Waals surface area contributed by atoms with Crippen LogP contribution in [-0.4, -0.2) is 35.7 Å². The van der Waals surface area contributed by atoms with Crippen molar-refractivity contribution in [1.82, 2.24) is 10.2 Å². The van der Waals surface area contributed by atoms with Crippen molar-refractivity contribution in [1.29, 1.82) is 0 Å². The molecule has 2 aromatic carbocycles. The number of hydrogen-bond acceptors (Lipinski definition) is 5. The lowest BCUT2D eigenvalue weighted by Crippen LogP contribution is -2.54. The zero-order valence-electron chi connectivity index (χ0n) is 15.4. The average molecular weight is 496 g/mol. The Labute approximate surface area is 183 Å². The van der Waals surface area contributed by atoms with Gasteiger partial charge in [-0.25, -0.2) is 4.39 Å². The maximum absolute atomic E-state index is 14.5. The number of carbonyl (C=O) groups is 4. The fraction of sp³-hybridized carbons (Fsp3) is 0.200. The molecule has 0 aliphatic carbocycles. The summed E-state index contributed by atoms with van der Waals surface area (Å²) in [6.45, 7) is -0.363. The lowest BCUT2D eigenvalue weighted by molar-refractivity contribution is -0.155. The highest BCUT2D eigenvalue weighted by atomic mass is 79.9. The van der Waals surface area contributed by atoms with Gasteiger partial charge in [-0.3, -0.25) is 24.5 Å². The quantitative estimate of drug-likeness (QED) is 0.401. The largest absolute Gasteiger partial charge is 0.468 e. The van der Waals surface area contributed by atoms with Gasteiger partial charge in [-0.1, -0.05) is 33.6 Å². The van der Waals surface area contributed by atoms with Crippen molar-refractivity contribution >= 4 is 51.2 Å². The van der Waals surface area contributed by atoms with Crippen molar-refractivity contribution in [2.75, 3.05) is 7.11 Å². The molecule has 154 valence electrons. The van der Waals surface area contributed by atoms with Gasteiger partial charge in [0, 0.05) is 26.2 Å². The molecular formula is C20H13BrClFN2O5. The van der Waals surface area contributed by atoms with Gasteiger partial charge >= 0.3 is 5.97 Å². The molecule has 1 saturated heterocycles. The summed E-state index contributed by atoms with van der Waals surface area (Å²) in [5.41, 5.74) is -1.76. The second kappa shape index (κ2) is 7.17. The van der Waals surface area contributed by atoms with Gasteiger partial charge < -0.3 is 9.64 Å². The van der Waals surface area contributed by atoms with E-state index in [-0.39, 0.29) is 28.3 Å². The summed E-state index contributed by atoms with van der Waals surface area (Å²) in [4.78, 5) is 52.5. The predicted octanol–water partition coefficient (Wildman–Crippen LogP) is 2.54. The van der Waals surface area contributed by atoms with Crippen LogP contribution in [0.2, 0.25) is 5.02 Å². The van der Waals surface area contributed by atoms with Gasteiger partial charge in [-0.15, -0.1) is 0 Å². The average Bonchev–Trinajstić information content (AvgIpc) is 3.09. The maximum atomic E-state index is 14.5. The van der Waals surface area contributed by atoms with Crippen LogP contribution in [0.25, 0.3) is 0 Å². The van der Waals surface area contributed by atoms with Crippen LogP contribution in [0.4, 0.5) is 4.39 Å². The van der Waals surface area contributed by atoms with Gasteiger partial charge in [0.1, 0.15) is 5.82 Å². The summed E-state index contributed by atoms with van der Waals surface area (Å²) in [6, 6.07) is 8.46. The van der Waals surface area contributed by atoms with Crippen LogP contribution in [0.3, 0.4) is 0 Å². The summed E-state index contributed by atoms with van der Waals surface area (Å²) in [5.74, 6) is -5.72. The van der Waals surface area contributed by atoms with E-state index in [0.717, 1.165) is 12.0 Å². The summed E-state index contributed by atoms with van der Waals surface area (Å²) in [7, 11) is 1.07. The summed E-state index contributed by atoms with van der Waals surface area (Å²) < 4.78 is 19.8. The van der Waals surface area contributed by atoms with E-state index < -0.39 is 41.0 Å². The first-order chi connectivity index (χ1) is 14.2. The van der Waals surface area contributed by atoms with E-state index in [4.69, 9.17) is 16.3 Å². The van der Waals surface area contributed by atoms with E-state index in [0.29, 0.717) is 4.47 Å². The van der Waals surface area contributed by atoms with E-state index in [1.54, 1.807) is 6.07 Å². The molecule has 2 aliphatic rings. The lowest BCUT2D eigenvalue weighted by atomic mass is 9.79. The fourth-order valence-corrected chi connectivity index (χ4v) is 4.54. The van der Waals surface area contributed by atoms with Gasteiger partial charge in [0.2, 0.25) is 5.91 Å². The van der Waals surface area contributed by atoms with Crippen LogP contribution >= 0.6 is 27.5 Å². The minimum Gasteiger partial charge on any atom is -0.468 e. The lowest BCUT2D eigenvalue weighted by Gasteiger charge is -2.36. The fourth-order valence-electron chi connectivity index (χ4n) is 4.04. The molecule has 2 unspecified atom stereocenters. The number of halogens is 3. The standard InChI is InChI=1S/C20H13BrClFN2O5/c1-30-18(28)15-16(26)24-19(29)20(15)13-7-11(22)4-5-12(13)17(27)25(20)8-9-2-3-10(21)6-14(9)23/h2-7,15H,8H2,1H3,(H,24,26,29). The summed E-state index contributed by atoms with van der Waals surface area (Å²) in [6.07, 6.45) is 0. The third kappa shape index (κ3) is 2.76. The summed E-state index contributed by atoms with van der Waals surface area (Å²) >= 11 is 9.26. The zero-order chi connectivity index (χ0) is 21.8. The molecule has 30 heavy (non-hydrogen) atoms. The minimum absolute atomic E-state index is 0.0932. The molecule has 0 radical (unpaired) electrons. The Morgan fingerprint density at radius 3 is 2.67 bits per heavy atom. The van der Waals surface area contributed by atoms with Crippen molar-refractivity contribution < 1.29 is 28.3 Å². The number of amides is 3. The Balaban J connectivity index is 1.96. The normalized spacial score (nSPS) is 22.5. The van der Waals surface area contributed by atoms with Crippen LogP contribution < -0.4 is 5.32 Å². The Bertz CT molecular complexity index is 1140. The highest BCUT2D eigenvalue weighted by Gasteiger charge is 2.68. The number of hydrogen-bond donors (Lipinski definition) is 1. The molecule has 2 heterocycles. The molecule has 0 saturated carbocycles. The second-order valence-electron chi connectivity index (χ2n) is 6.86. The summed E-state index contributed by atoms with van der Waals surface area (Å²) in [5, 5.41) is 2.32. The molecule has 2 aliphatic heterocycles. The van der Waals surface area contributed by atoms with Crippen molar-refractivity contribution in [3.05, 3.63) is 68.4 Å². The Morgan fingerprint density at radius 2 is 2.00 bits per heavy atom. The molecule has 1 fully saturated rings. The van der Waals surface area contributed by atoms with Gasteiger partial charge in [0.05, 0.1) is 13.7 Å². The number of benzene rings is 2. The number of esters is 1. The molecule has 2 atom stereocenters. The number of fused-ring (bicyclic) bond motifs is 2. The zero-order valence-corrected chi connectivity index (χ0v) is 17.7. The van der Waals surface area contributed by atoms with Crippen LogP contribution in [0.15, 0.2) is 40.9 Å². The third-order valence-electron chi connectivity index (χ3n) is 5.34. The van der Waals surface area contributed by atoms with Gasteiger partial charge in [0.25, 0.3) is 11.8 Å². The molecule has 0 aromatic heterocycles. The van der Waals surface area contributed by atoms with Gasteiger partial charge in [-0.2, -0.15) is 0 Å². The number of methoxy groups -OCH3 is 1. The molecule has 2 aromatic rings. The molecule has 10 heteroatoms. The van der Waals surface area contributed by atoms with Gasteiger partial charge in [-0.05, 0) is 30.3 Å². The van der Waals surface area contributed by atoms with Crippen molar-refractivity contribution in [2.24, 2.45) is 5.92 Å². The van der Waals surface area contributed by atoms with E-state index >= 15 is 0 Å². The van der Waals surface area contributed by atoms with Crippen molar-refractivity contribution in [3.8, 4) is 0 Å². The first-order valence-electron chi connectivity index (χ1n) is 8.70. The maximum Gasteiger partial charge on any atom is 0.321 e. The smallest absolute Gasteiger partial charge is 0.321 e. The SMILES string of the molecule is COC(=O)C1C(=O)NC(=O)C12c1cc(Cl)ccc1C(=O)N2Cc1ccc(Br)cc1F. The van der Waals surface area contributed by atoms with Crippen molar-refractivity contribution in [3.63, 3.8) is 0 Å². The molecule has 1 N–H and O–H groups in total. The topological polar surface area (TPSA) is 92.8 Å². The van der Waals surface area contributed by atoms with Crippen molar-refractivity contribution in [2.45, 2.75) is 12.1 Å². The highest BCUT2D eigenvalue weighted by molar-refractivity contribution is 9.10. The Kier molecular flexibility index (Phi) is 4.90. The number of rotatable bonds is 3. The van der Waals surface area contributed by atoms with Crippen LogP contribution in [0.5, 0.6) is 0 Å². The van der Waals surface area contributed by atoms with E-state index in [2.05, 4.69) is 21.2 Å². The van der Waals surface area contributed by atoms with Gasteiger partial charge in [0.15, 0.2) is 11.5 Å². The minimum atomic E-state index is -2.04. The highest BCUT2D eigenvalue weighted by Crippen LogP contribution is 2.49. The predicted molar refractivity (Wildman–Crippen MR) is 106 cm³/mol. The van der Waals surface area contributed by atoms with Crippen LogP contribution in [0.1, 0.15) is 21.5 Å². The number of nitrogens with one attached hydrogen (secondary N) is 1. The number of ether oxygens (including phenoxy) is 1. The second-order valence-corrected chi connectivity index (χ2v) is 8.21. The third-order valence-corrected chi connectivity index (χ3v) is 6.07. The number of nitrogens with zero attached hydrogens (tertiary/aromatic N) is 1. The molecule has 7 nitrogen and oxygen atoms in total. The Morgan fingerprint density at radius 1 is 1.27 bits per heavy atom. The van der Waals surface area contributed by atoms with Crippen LogP contribution in [0, 0.1) is 11.7 Å². The molecule has 0 bridgehead atoms. The van der Waals surface area contributed by atoms with Crippen LogP contribution in [-0.2, 0) is 31.2 Å². The number of imide groups is 1. The molecule has 4 rings (SSSR count). The first kappa shape index (κ1) is 20.5. The molecule has 3 amide bonds. The molecule has 1 spiro atoms. The molecular weight excluding hydrogens is 483 g/mol. The van der Waals surface area contributed by atoms with E-state index in [9.17, 15) is 23.6 Å². The Hall–Kier alpha value is -2.78. The van der Waals surface area contributed by atoms with E-state index in [1.807, 2.05) is 0 Å². The van der Waals surface area contributed by atoms with E-state index in [1.165, 1.54) is 30.3 Å². The first-order valence-corrected chi connectivity index (χ1v) is 9.88.